The van der Waals surface area contributed by atoms with Crippen LogP contribution >= 0.6 is 11.8 Å². The van der Waals surface area contributed by atoms with Crippen LogP contribution in [-0.4, -0.2) is 37.5 Å². The molecule has 0 bridgehead atoms. The summed E-state index contributed by atoms with van der Waals surface area (Å²) < 4.78 is 16.8. The third-order valence-corrected chi connectivity index (χ3v) is 8.65. The van der Waals surface area contributed by atoms with Crippen LogP contribution in [0.1, 0.15) is 61.8 Å². The molecular weight excluding hydrogens is 561 g/mol. The van der Waals surface area contributed by atoms with Crippen molar-refractivity contribution in [2.45, 2.75) is 70.5 Å². The van der Waals surface area contributed by atoms with E-state index in [0.717, 1.165) is 60.8 Å². The molecule has 0 fully saturated rings. The molecule has 3 heterocycles. The second-order valence-corrected chi connectivity index (χ2v) is 12.6. The molecule has 8 nitrogen and oxygen atoms in total. The first kappa shape index (κ1) is 30.7. The second kappa shape index (κ2) is 13.7. The minimum Gasteiger partial charge on any atom is -0.379 e. The third kappa shape index (κ3) is 7.62. The van der Waals surface area contributed by atoms with E-state index in [1.807, 2.05) is 49.4 Å². The highest BCUT2D eigenvalue weighted by atomic mass is 32.2. The first-order chi connectivity index (χ1) is 20.7. The Morgan fingerprint density at radius 3 is 2.79 bits per heavy atom. The number of aromatic nitrogens is 3. The van der Waals surface area contributed by atoms with Gasteiger partial charge in [0.05, 0.1) is 11.4 Å². The maximum absolute atomic E-state index is 15.3. The summed E-state index contributed by atoms with van der Waals surface area (Å²) in [7, 11) is 0. The maximum Gasteiger partial charge on any atom is 0.354 e. The Labute approximate surface area is 255 Å². The van der Waals surface area contributed by atoms with Crippen LogP contribution in [0.3, 0.4) is 0 Å². The number of nitrogens with zero attached hydrogens (tertiary/aromatic N) is 2. The van der Waals surface area contributed by atoms with E-state index >= 15 is 4.39 Å². The van der Waals surface area contributed by atoms with Crippen LogP contribution in [0, 0.1) is 18.2 Å². The molecule has 0 radical (unpaired) electrons. The molecule has 0 saturated carbocycles. The van der Waals surface area contributed by atoms with E-state index in [0.29, 0.717) is 28.2 Å². The molecule has 10 heteroatoms. The van der Waals surface area contributed by atoms with Gasteiger partial charge in [0, 0.05) is 41.0 Å². The Balaban J connectivity index is 1.36. The molecule has 226 valence electrons. The number of benzene rings is 2. The molecule has 0 saturated heterocycles. The number of H-pyrrole nitrogens is 1. The van der Waals surface area contributed by atoms with Crippen LogP contribution in [0.4, 0.5) is 4.39 Å². The van der Waals surface area contributed by atoms with Gasteiger partial charge in [-0.2, -0.15) is 4.98 Å². The van der Waals surface area contributed by atoms with Crippen LogP contribution in [-0.2, 0) is 6.42 Å². The molecule has 0 amide bonds. The topological polar surface area (TPSA) is 139 Å². The minimum atomic E-state index is -0.408. The summed E-state index contributed by atoms with van der Waals surface area (Å²) in [6, 6.07) is 14.1. The van der Waals surface area contributed by atoms with Gasteiger partial charge in [-0.1, -0.05) is 42.1 Å². The number of rotatable bonds is 10. The largest absolute Gasteiger partial charge is 0.379 e. The van der Waals surface area contributed by atoms with Crippen LogP contribution in [0.25, 0.3) is 28.0 Å². The predicted octanol–water partition coefficient (Wildman–Crippen LogP) is 5.86. The average molecular weight is 602 g/mol. The SMILES string of the molecule is Cc1cc(CCC[C@H](C)N)cc(-c2cc3cn(-c4ccc([C@@H]5CCC=C[C@@H](CCSC(=N)N)N5)cc4)c(=O)nc3[nH]2)c1F. The third-order valence-electron chi connectivity index (χ3n) is 7.90. The van der Waals surface area contributed by atoms with Crippen molar-refractivity contribution >= 4 is 28.0 Å². The number of aryl methyl sites for hydroxylation is 2. The summed E-state index contributed by atoms with van der Waals surface area (Å²) in [4.78, 5) is 20.5. The van der Waals surface area contributed by atoms with Gasteiger partial charge in [0.15, 0.2) is 5.17 Å². The van der Waals surface area contributed by atoms with E-state index in [-0.39, 0.29) is 29.1 Å². The van der Waals surface area contributed by atoms with Gasteiger partial charge in [-0.3, -0.25) is 9.98 Å². The normalized spacial score (nSPS) is 17.7. The van der Waals surface area contributed by atoms with Crippen molar-refractivity contribution in [1.82, 2.24) is 19.9 Å². The number of aromatic amines is 1. The Hall–Kier alpha value is -3.73. The highest BCUT2D eigenvalue weighted by Crippen LogP contribution is 2.29. The van der Waals surface area contributed by atoms with Crippen molar-refractivity contribution in [2.75, 3.05) is 5.75 Å². The number of hydrogen-bond acceptors (Lipinski definition) is 6. The zero-order valence-corrected chi connectivity index (χ0v) is 25.5. The van der Waals surface area contributed by atoms with Crippen molar-refractivity contribution in [3.8, 4) is 16.9 Å². The van der Waals surface area contributed by atoms with Gasteiger partial charge >= 0.3 is 5.69 Å². The average Bonchev–Trinajstić information content (AvgIpc) is 3.22. The predicted molar refractivity (Wildman–Crippen MR) is 175 cm³/mol. The fourth-order valence-electron chi connectivity index (χ4n) is 5.66. The lowest BCUT2D eigenvalue weighted by Crippen LogP contribution is -2.31. The Morgan fingerprint density at radius 2 is 2.05 bits per heavy atom. The second-order valence-electron chi connectivity index (χ2n) is 11.4. The Bertz CT molecular complexity index is 1680. The molecule has 0 unspecified atom stereocenters. The molecule has 5 rings (SSSR count). The summed E-state index contributed by atoms with van der Waals surface area (Å²) in [6.45, 7) is 3.77. The Kier molecular flexibility index (Phi) is 9.79. The van der Waals surface area contributed by atoms with Gasteiger partial charge in [0.2, 0.25) is 0 Å². The quantitative estimate of drug-likeness (QED) is 0.0876. The van der Waals surface area contributed by atoms with E-state index < -0.39 is 5.69 Å². The molecule has 43 heavy (non-hydrogen) atoms. The summed E-state index contributed by atoms with van der Waals surface area (Å²) in [6.07, 6.45) is 11.7. The van der Waals surface area contributed by atoms with Crippen LogP contribution in [0.5, 0.6) is 0 Å². The summed E-state index contributed by atoms with van der Waals surface area (Å²) in [5, 5.41) is 12.0. The van der Waals surface area contributed by atoms with Crippen LogP contribution in [0.2, 0.25) is 0 Å². The molecule has 1 aliphatic rings. The molecule has 7 N–H and O–H groups in total. The maximum atomic E-state index is 15.3. The highest BCUT2D eigenvalue weighted by molar-refractivity contribution is 8.13. The minimum absolute atomic E-state index is 0.136. The van der Waals surface area contributed by atoms with Gasteiger partial charge in [0.1, 0.15) is 11.5 Å². The van der Waals surface area contributed by atoms with Crippen molar-refractivity contribution in [3.05, 3.63) is 93.8 Å². The van der Waals surface area contributed by atoms with Gasteiger partial charge in [-0.05, 0) is 93.3 Å². The number of halogens is 1. The number of amidine groups is 1. The van der Waals surface area contributed by atoms with Gasteiger partial charge < -0.3 is 21.8 Å². The number of hydrogen-bond donors (Lipinski definition) is 5. The van der Waals surface area contributed by atoms with Crippen molar-refractivity contribution in [1.29, 1.82) is 5.41 Å². The van der Waals surface area contributed by atoms with Crippen LogP contribution < -0.4 is 22.5 Å². The monoisotopic (exact) mass is 601 g/mol. The molecule has 1 aliphatic heterocycles. The number of nitrogens with two attached hydrogens (primary N) is 2. The number of fused-ring (bicyclic) bond motifs is 1. The van der Waals surface area contributed by atoms with E-state index in [1.165, 1.54) is 16.3 Å². The van der Waals surface area contributed by atoms with Crippen molar-refractivity contribution in [2.24, 2.45) is 11.5 Å². The fraction of sp³-hybridized carbons (Fsp3) is 0.364. The summed E-state index contributed by atoms with van der Waals surface area (Å²) >= 11 is 1.36. The lowest BCUT2D eigenvalue weighted by atomic mass is 9.99. The number of thioether (sulfide) groups is 1. The zero-order chi connectivity index (χ0) is 30.5. The Morgan fingerprint density at radius 1 is 1.26 bits per heavy atom. The molecule has 2 aromatic carbocycles. The molecule has 0 spiro atoms. The van der Waals surface area contributed by atoms with Gasteiger partial charge in [-0.25, -0.2) is 9.18 Å². The van der Waals surface area contributed by atoms with Gasteiger partial charge in [0.25, 0.3) is 0 Å². The van der Waals surface area contributed by atoms with Gasteiger partial charge in [-0.15, -0.1) is 0 Å². The molecular formula is C33H40FN7OS. The fourth-order valence-corrected chi connectivity index (χ4v) is 6.26. The molecule has 2 aromatic heterocycles. The van der Waals surface area contributed by atoms with E-state index in [1.54, 1.807) is 13.1 Å². The van der Waals surface area contributed by atoms with Crippen molar-refractivity contribution in [3.63, 3.8) is 0 Å². The molecule has 4 aromatic rings. The molecule has 3 atom stereocenters. The number of nitrogens with one attached hydrogen (secondary N) is 3. The lowest BCUT2D eigenvalue weighted by Gasteiger charge is -2.22. The smallest absolute Gasteiger partial charge is 0.354 e. The lowest BCUT2D eigenvalue weighted by molar-refractivity contribution is 0.467. The zero-order valence-electron chi connectivity index (χ0n) is 24.7. The van der Waals surface area contributed by atoms with Crippen LogP contribution in [0.15, 0.2) is 65.6 Å². The first-order valence-corrected chi connectivity index (χ1v) is 15.8. The van der Waals surface area contributed by atoms with E-state index in [9.17, 15) is 4.79 Å². The van der Waals surface area contributed by atoms with E-state index in [4.69, 9.17) is 16.9 Å². The van der Waals surface area contributed by atoms with E-state index in [2.05, 4.69) is 27.4 Å². The highest BCUT2D eigenvalue weighted by Gasteiger charge is 2.19. The summed E-state index contributed by atoms with van der Waals surface area (Å²) in [5.41, 5.74) is 16.0. The van der Waals surface area contributed by atoms with Crippen molar-refractivity contribution < 1.29 is 4.39 Å². The first-order valence-electron chi connectivity index (χ1n) is 14.8. The summed E-state index contributed by atoms with van der Waals surface area (Å²) in [5.74, 6) is 0.504. The molecule has 0 aliphatic carbocycles. The number of allylic oxidation sites excluding steroid dienone is 1. The standard InChI is InChI=1S/C33H40FN7OS/c1-20-16-22(7-5-6-21(2)35)17-27(30(20)34)29-18-24-19-41(33(42)40-31(24)39-29)26-12-10-23(11-13-26)28-9-4-3-8-25(38-28)14-15-43-32(36)37/h3,8,10-13,16-19,21,25,28,38H,4-7,9,14-15,35H2,1-2H3,(H3,36,37)(H,39,40,42)/t21-,25-,28-/m0/s1.